The van der Waals surface area contributed by atoms with Crippen LogP contribution in [0.2, 0.25) is 0 Å². The fourth-order valence-corrected chi connectivity index (χ4v) is 11.0. The average molecular weight is 621 g/mol. The maximum Gasteiger partial charge on any atom is 0.171 e. The van der Waals surface area contributed by atoms with Crippen LogP contribution in [0.5, 0.6) is 0 Å². The first kappa shape index (κ1) is 28.0. The Kier molecular flexibility index (Phi) is 6.20. The molecule has 0 spiro atoms. The van der Waals surface area contributed by atoms with Crippen LogP contribution < -0.4 is 15.9 Å². The highest BCUT2D eigenvalue weighted by atomic mass is 31.2. The minimum Gasteiger partial charge on any atom is -0.309 e. The second-order valence-electron chi connectivity index (χ2n) is 13.2. The lowest BCUT2D eigenvalue weighted by molar-refractivity contribution is 0.592. The quantitative estimate of drug-likeness (QED) is 0.141. The van der Waals surface area contributed by atoms with Gasteiger partial charge >= 0.3 is 0 Å². The van der Waals surface area contributed by atoms with E-state index in [9.17, 15) is 0 Å². The Labute approximate surface area is 275 Å². The molecule has 0 saturated heterocycles. The second kappa shape index (κ2) is 10.4. The van der Waals surface area contributed by atoms with Crippen molar-refractivity contribution in [2.45, 2.75) is 19.3 Å². The number of hydrogen-bond acceptors (Lipinski definition) is 1. The maximum atomic E-state index is 15.6. The van der Waals surface area contributed by atoms with E-state index in [-0.39, 0.29) is 5.41 Å². The molecule has 8 aromatic rings. The van der Waals surface area contributed by atoms with Crippen LogP contribution in [0, 0.1) is 0 Å². The van der Waals surface area contributed by atoms with E-state index in [0.29, 0.717) is 0 Å². The lowest BCUT2D eigenvalue weighted by Crippen LogP contribution is -2.25. The highest BCUT2D eigenvalue weighted by Gasteiger charge is 2.36. The van der Waals surface area contributed by atoms with E-state index in [1.165, 1.54) is 49.4 Å². The molecule has 1 aliphatic rings. The zero-order chi connectivity index (χ0) is 31.8. The summed E-state index contributed by atoms with van der Waals surface area (Å²) in [6.45, 7) is 4.71. The molecule has 0 unspecified atom stereocenters. The molecule has 0 heterocycles. The molecule has 1 aliphatic carbocycles. The Balaban J connectivity index is 1.41. The van der Waals surface area contributed by atoms with Gasteiger partial charge in [-0.25, -0.2) is 0 Å². The van der Waals surface area contributed by atoms with E-state index in [1.807, 2.05) is 60.7 Å². The average Bonchev–Trinajstić information content (AvgIpc) is 3.13. The molecule has 0 saturated carbocycles. The molecule has 9 rings (SSSR count). The van der Waals surface area contributed by atoms with Gasteiger partial charge in [-0.1, -0.05) is 172 Å². The molecule has 0 fully saturated rings. The van der Waals surface area contributed by atoms with Crippen LogP contribution in [0.3, 0.4) is 0 Å². The van der Waals surface area contributed by atoms with Crippen LogP contribution >= 0.6 is 7.14 Å². The summed E-state index contributed by atoms with van der Waals surface area (Å²) in [5.41, 5.74) is 7.60. The normalized spacial score (nSPS) is 13.6. The van der Waals surface area contributed by atoms with Gasteiger partial charge in [-0.05, 0) is 71.8 Å². The SMILES string of the molecule is CC1(C)c2ccccc2-c2c3ccccc3c(-c3ccc(P(=O)(c4ccccc4)c4ccccc4)c4ccccc34)c3cccc1c23. The molecule has 0 N–H and O–H groups in total. The van der Waals surface area contributed by atoms with Crippen molar-refractivity contribution in [2.75, 3.05) is 0 Å². The van der Waals surface area contributed by atoms with Gasteiger partial charge in [0.2, 0.25) is 0 Å². The summed E-state index contributed by atoms with van der Waals surface area (Å²) in [6, 6.07) is 57.5. The highest BCUT2D eigenvalue weighted by molar-refractivity contribution is 7.85. The van der Waals surface area contributed by atoms with Crippen molar-refractivity contribution in [1.82, 2.24) is 0 Å². The monoisotopic (exact) mass is 620 g/mol. The van der Waals surface area contributed by atoms with Crippen molar-refractivity contribution in [3.63, 3.8) is 0 Å². The smallest absolute Gasteiger partial charge is 0.171 e. The van der Waals surface area contributed by atoms with E-state index >= 15 is 4.57 Å². The highest BCUT2D eigenvalue weighted by Crippen LogP contribution is 2.54. The van der Waals surface area contributed by atoms with Crippen LogP contribution in [-0.2, 0) is 9.98 Å². The first-order valence-electron chi connectivity index (χ1n) is 16.3. The van der Waals surface area contributed by atoms with Crippen LogP contribution in [0.15, 0.2) is 164 Å². The van der Waals surface area contributed by atoms with Crippen molar-refractivity contribution in [1.29, 1.82) is 0 Å². The fourth-order valence-electron chi connectivity index (χ4n) is 8.19. The van der Waals surface area contributed by atoms with Gasteiger partial charge in [0.25, 0.3) is 0 Å². The van der Waals surface area contributed by atoms with Crippen molar-refractivity contribution < 1.29 is 4.57 Å². The van der Waals surface area contributed by atoms with E-state index in [1.54, 1.807) is 0 Å². The summed E-state index contributed by atoms with van der Waals surface area (Å²) in [7, 11) is -3.19. The number of rotatable bonds is 4. The predicted molar refractivity (Wildman–Crippen MR) is 201 cm³/mol. The summed E-state index contributed by atoms with van der Waals surface area (Å²) in [5, 5.41) is 9.77. The van der Waals surface area contributed by atoms with Gasteiger partial charge in [0, 0.05) is 21.3 Å². The van der Waals surface area contributed by atoms with E-state index in [0.717, 1.165) is 32.2 Å². The third kappa shape index (κ3) is 3.94. The first-order valence-corrected chi connectivity index (χ1v) is 18.0. The van der Waals surface area contributed by atoms with Gasteiger partial charge in [0.15, 0.2) is 7.14 Å². The van der Waals surface area contributed by atoms with Crippen LogP contribution in [0.25, 0.3) is 54.6 Å². The van der Waals surface area contributed by atoms with Crippen molar-refractivity contribution in [3.8, 4) is 22.3 Å². The minimum atomic E-state index is -3.19. The van der Waals surface area contributed by atoms with Crippen molar-refractivity contribution >= 4 is 55.4 Å². The van der Waals surface area contributed by atoms with Crippen LogP contribution in [0.4, 0.5) is 0 Å². The zero-order valence-electron chi connectivity index (χ0n) is 26.4. The Bertz CT molecular complexity index is 2520. The van der Waals surface area contributed by atoms with Gasteiger partial charge in [-0.15, -0.1) is 0 Å². The molecule has 0 atom stereocenters. The lowest BCUT2D eigenvalue weighted by atomic mass is 9.67. The van der Waals surface area contributed by atoms with Crippen molar-refractivity contribution in [2.24, 2.45) is 0 Å². The van der Waals surface area contributed by atoms with E-state index < -0.39 is 7.14 Å². The summed E-state index contributed by atoms with van der Waals surface area (Å²) in [6.07, 6.45) is 0. The van der Waals surface area contributed by atoms with Crippen molar-refractivity contribution in [3.05, 3.63) is 175 Å². The molecular formula is C45H33OP. The molecule has 0 amide bonds. The standard InChI is InChI=1S/C45H33OP/c1-45(2)39-26-14-13-24-37(39)43-35-23-12-11-22-34(35)42(38-25-15-27-40(45)44(38)43)36-28-29-41(33-21-10-9-20-32(33)36)47(46,30-16-5-3-6-17-30)31-18-7-4-8-19-31/h3-29H,1-2H3. The fraction of sp³-hybridized carbons (Fsp3) is 0.0667. The third-order valence-electron chi connectivity index (χ3n) is 10.3. The summed E-state index contributed by atoms with van der Waals surface area (Å²) >= 11 is 0. The van der Waals surface area contributed by atoms with Gasteiger partial charge in [-0.2, -0.15) is 0 Å². The topological polar surface area (TPSA) is 17.1 Å². The van der Waals surface area contributed by atoms with Gasteiger partial charge in [-0.3, -0.25) is 0 Å². The number of fused-ring (bicyclic) bond motifs is 5. The Morgan fingerprint density at radius 2 is 0.915 bits per heavy atom. The Hall–Kier alpha value is -5.23. The van der Waals surface area contributed by atoms with Crippen LogP contribution in [-0.4, -0.2) is 0 Å². The van der Waals surface area contributed by atoms with E-state index in [2.05, 4.69) is 117 Å². The zero-order valence-corrected chi connectivity index (χ0v) is 27.3. The van der Waals surface area contributed by atoms with Gasteiger partial charge < -0.3 is 4.57 Å². The molecule has 47 heavy (non-hydrogen) atoms. The Morgan fingerprint density at radius 3 is 1.60 bits per heavy atom. The number of benzene rings is 8. The molecule has 1 nitrogen and oxygen atoms in total. The van der Waals surface area contributed by atoms with Crippen LogP contribution in [0.1, 0.15) is 25.0 Å². The minimum absolute atomic E-state index is 0.146. The predicted octanol–water partition coefficient (Wildman–Crippen LogP) is 10.8. The molecule has 0 radical (unpaired) electrons. The molecular weight excluding hydrogens is 587 g/mol. The second-order valence-corrected chi connectivity index (χ2v) is 15.9. The number of hydrogen-bond donors (Lipinski definition) is 0. The summed E-state index contributed by atoms with van der Waals surface area (Å²) in [5.74, 6) is 0. The summed E-state index contributed by atoms with van der Waals surface area (Å²) < 4.78 is 15.6. The molecule has 2 heteroatoms. The molecule has 224 valence electrons. The third-order valence-corrected chi connectivity index (χ3v) is 13.5. The Morgan fingerprint density at radius 1 is 0.404 bits per heavy atom. The summed E-state index contributed by atoms with van der Waals surface area (Å²) in [4.78, 5) is 0. The molecule has 0 aliphatic heterocycles. The first-order chi connectivity index (χ1) is 23.0. The molecule has 0 bridgehead atoms. The largest absolute Gasteiger partial charge is 0.309 e. The van der Waals surface area contributed by atoms with Gasteiger partial charge in [0.05, 0.1) is 0 Å². The lowest BCUT2D eigenvalue weighted by Gasteiger charge is -2.36. The molecule has 8 aromatic carbocycles. The van der Waals surface area contributed by atoms with Gasteiger partial charge in [0.1, 0.15) is 0 Å². The maximum absolute atomic E-state index is 15.6. The molecule has 0 aromatic heterocycles. The van der Waals surface area contributed by atoms with E-state index in [4.69, 9.17) is 0 Å².